The summed E-state index contributed by atoms with van der Waals surface area (Å²) in [5.74, 6) is -0.423. The highest BCUT2D eigenvalue weighted by Crippen LogP contribution is 2.31. The van der Waals surface area contributed by atoms with Gasteiger partial charge in [-0.1, -0.05) is 17.7 Å². The highest BCUT2D eigenvalue weighted by molar-refractivity contribution is 6.32. The van der Waals surface area contributed by atoms with Crippen molar-refractivity contribution in [1.29, 1.82) is 0 Å². The molecule has 0 bridgehead atoms. The van der Waals surface area contributed by atoms with Crippen LogP contribution in [0.2, 0.25) is 5.02 Å². The number of alkyl halides is 3. The summed E-state index contributed by atoms with van der Waals surface area (Å²) in [6, 6.07) is 3.65. The van der Waals surface area contributed by atoms with Gasteiger partial charge in [0.1, 0.15) is 5.75 Å². The summed E-state index contributed by atoms with van der Waals surface area (Å²) in [5, 5.41) is -0.109. The van der Waals surface area contributed by atoms with Crippen LogP contribution in [-0.2, 0) is 0 Å². The number of halogens is 4. The first-order valence-corrected chi connectivity index (χ1v) is 4.48. The van der Waals surface area contributed by atoms with Crippen LogP contribution in [0.3, 0.4) is 0 Å². The second kappa shape index (κ2) is 4.28. The number of hydrogen-bond donors (Lipinski definition) is 1. The number of ether oxygens (including phenoxy) is 1. The summed E-state index contributed by atoms with van der Waals surface area (Å²) >= 11 is 5.60. The standard InChI is InChI=1S/C9H9ClF3NO/c1-5(14)6-2-3-8(7(10)4-6)15-9(11,12)13/h2-5H,14H2,1H3/t5-/m0/s1. The lowest BCUT2D eigenvalue weighted by molar-refractivity contribution is -0.274. The quantitative estimate of drug-likeness (QED) is 0.860. The minimum Gasteiger partial charge on any atom is -0.404 e. The average Bonchev–Trinajstić information content (AvgIpc) is 2.05. The summed E-state index contributed by atoms with van der Waals surface area (Å²) < 4.78 is 39.3. The summed E-state index contributed by atoms with van der Waals surface area (Å²) in [6.07, 6.45) is -4.74. The topological polar surface area (TPSA) is 35.2 Å². The third kappa shape index (κ3) is 3.60. The van der Waals surface area contributed by atoms with Crippen LogP contribution in [0.5, 0.6) is 5.75 Å². The molecule has 0 unspecified atom stereocenters. The molecule has 0 saturated carbocycles. The van der Waals surface area contributed by atoms with E-state index in [1.54, 1.807) is 6.92 Å². The van der Waals surface area contributed by atoms with Gasteiger partial charge in [-0.2, -0.15) is 0 Å². The molecule has 0 radical (unpaired) electrons. The van der Waals surface area contributed by atoms with Crippen LogP contribution in [0.15, 0.2) is 18.2 Å². The molecule has 1 aromatic rings. The SMILES string of the molecule is C[C@H](N)c1ccc(OC(F)(F)F)c(Cl)c1. The molecular formula is C9H9ClF3NO. The minimum absolute atomic E-state index is 0.109. The molecule has 1 aromatic carbocycles. The number of nitrogens with two attached hydrogens (primary N) is 1. The van der Waals surface area contributed by atoms with Crippen molar-refractivity contribution in [2.45, 2.75) is 19.3 Å². The Morgan fingerprint density at radius 3 is 2.40 bits per heavy atom. The van der Waals surface area contributed by atoms with E-state index >= 15 is 0 Å². The minimum atomic E-state index is -4.74. The van der Waals surface area contributed by atoms with Crippen molar-refractivity contribution in [1.82, 2.24) is 0 Å². The van der Waals surface area contributed by atoms with Gasteiger partial charge in [0.2, 0.25) is 0 Å². The molecule has 0 amide bonds. The Morgan fingerprint density at radius 2 is 2.00 bits per heavy atom. The monoisotopic (exact) mass is 239 g/mol. The van der Waals surface area contributed by atoms with Gasteiger partial charge in [0, 0.05) is 6.04 Å². The second-order valence-electron chi connectivity index (χ2n) is 3.03. The van der Waals surface area contributed by atoms with Gasteiger partial charge in [0.15, 0.2) is 0 Å². The van der Waals surface area contributed by atoms with Gasteiger partial charge in [-0.15, -0.1) is 13.2 Å². The van der Waals surface area contributed by atoms with Crippen LogP contribution in [-0.4, -0.2) is 6.36 Å². The van der Waals surface area contributed by atoms with Gasteiger partial charge in [-0.3, -0.25) is 0 Å². The zero-order valence-electron chi connectivity index (χ0n) is 7.81. The molecule has 84 valence electrons. The van der Waals surface area contributed by atoms with E-state index in [0.717, 1.165) is 6.07 Å². The molecule has 0 saturated heterocycles. The largest absolute Gasteiger partial charge is 0.573 e. The van der Waals surface area contributed by atoms with Crippen molar-refractivity contribution in [3.05, 3.63) is 28.8 Å². The molecule has 0 aliphatic heterocycles. The normalized spacial score (nSPS) is 13.7. The molecule has 15 heavy (non-hydrogen) atoms. The average molecular weight is 240 g/mol. The highest BCUT2D eigenvalue weighted by atomic mass is 35.5. The molecule has 2 N–H and O–H groups in total. The fraction of sp³-hybridized carbons (Fsp3) is 0.333. The third-order valence-corrected chi connectivity index (χ3v) is 2.00. The molecule has 1 rings (SSSR count). The van der Waals surface area contributed by atoms with E-state index in [4.69, 9.17) is 17.3 Å². The molecular weight excluding hydrogens is 231 g/mol. The number of hydrogen-bond acceptors (Lipinski definition) is 2. The fourth-order valence-electron chi connectivity index (χ4n) is 1.01. The van der Waals surface area contributed by atoms with Crippen molar-refractivity contribution < 1.29 is 17.9 Å². The summed E-state index contributed by atoms with van der Waals surface area (Å²) in [4.78, 5) is 0. The Kier molecular flexibility index (Phi) is 3.46. The van der Waals surface area contributed by atoms with Gasteiger partial charge in [-0.25, -0.2) is 0 Å². The molecule has 0 heterocycles. The van der Waals surface area contributed by atoms with E-state index < -0.39 is 12.1 Å². The van der Waals surface area contributed by atoms with Gasteiger partial charge in [0.05, 0.1) is 5.02 Å². The predicted molar refractivity (Wildman–Crippen MR) is 50.7 cm³/mol. The summed E-state index contributed by atoms with van der Waals surface area (Å²) in [7, 11) is 0. The van der Waals surface area contributed by atoms with Crippen LogP contribution in [0, 0.1) is 0 Å². The Bertz CT molecular complexity index is 352. The first kappa shape index (κ1) is 12.1. The first-order valence-electron chi connectivity index (χ1n) is 4.10. The van der Waals surface area contributed by atoms with Gasteiger partial charge in [0.25, 0.3) is 0 Å². The fourth-order valence-corrected chi connectivity index (χ4v) is 1.24. The van der Waals surface area contributed by atoms with Gasteiger partial charge >= 0.3 is 6.36 Å². The number of benzene rings is 1. The molecule has 6 heteroatoms. The predicted octanol–water partition coefficient (Wildman–Crippen LogP) is 3.26. The van der Waals surface area contributed by atoms with Gasteiger partial charge in [-0.05, 0) is 24.6 Å². The van der Waals surface area contributed by atoms with Crippen LogP contribution in [0.4, 0.5) is 13.2 Å². The van der Waals surface area contributed by atoms with E-state index in [2.05, 4.69) is 4.74 Å². The van der Waals surface area contributed by atoms with Crippen LogP contribution >= 0.6 is 11.6 Å². The Morgan fingerprint density at radius 1 is 1.40 bits per heavy atom. The van der Waals surface area contributed by atoms with Crippen molar-refractivity contribution in [2.75, 3.05) is 0 Å². The van der Waals surface area contributed by atoms with Crippen molar-refractivity contribution in [3.63, 3.8) is 0 Å². The third-order valence-electron chi connectivity index (χ3n) is 1.71. The van der Waals surface area contributed by atoms with E-state index in [0.29, 0.717) is 5.56 Å². The maximum Gasteiger partial charge on any atom is 0.573 e. The molecule has 0 aliphatic carbocycles. The smallest absolute Gasteiger partial charge is 0.404 e. The lowest BCUT2D eigenvalue weighted by Gasteiger charge is -2.12. The van der Waals surface area contributed by atoms with E-state index in [9.17, 15) is 13.2 Å². The maximum atomic E-state index is 11.9. The first-order chi connectivity index (χ1) is 6.79. The van der Waals surface area contributed by atoms with Crippen LogP contribution in [0.25, 0.3) is 0 Å². The zero-order chi connectivity index (χ0) is 11.6. The Balaban J connectivity index is 2.94. The molecule has 1 atom stereocenters. The molecule has 0 aliphatic rings. The molecule has 0 aromatic heterocycles. The van der Waals surface area contributed by atoms with Crippen molar-refractivity contribution >= 4 is 11.6 Å². The number of rotatable bonds is 2. The highest BCUT2D eigenvalue weighted by Gasteiger charge is 2.32. The summed E-state index contributed by atoms with van der Waals surface area (Å²) in [5.41, 5.74) is 6.19. The Labute approximate surface area is 89.8 Å². The molecule has 0 spiro atoms. The zero-order valence-corrected chi connectivity index (χ0v) is 8.56. The molecule has 0 fully saturated rings. The summed E-state index contributed by atoms with van der Waals surface area (Å²) in [6.45, 7) is 1.70. The maximum absolute atomic E-state index is 11.9. The lowest BCUT2D eigenvalue weighted by Crippen LogP contribution is -2.17. The van der Waals surface area contributed by atoms with Crippen molar-refractivity contribution in [3.8, 4) is 5.75 Å². The van der Waals surface area contributed by atoms with E-state index in [1.807, 2.05) is 0 Å². The van der Waals surface area contributed by atoms with Crippen LogP contribution < -0.4 is 10.5 Å². The lowest BCUT2D eigenvalue weighted by atomic mass is 10.1. The van der Waals surface area contributed by atoms with Gasteiger partial charge < -0.3 is 10.5 Å². The Hall–Kier alpha value is -0.940. The molecule has 2 nitrogen and oxygen atoms in total. The van der Waals surface area contributed by atoms with Crippen LogP contribution in [0.1, 0.15) is 18.5 Å². The second-order valence-corrected chi connectivity index (χ2v) is 3.43. The van der Waals surface area contributed by atoms with E-state index in [-0.39, 0.29) is 11.1 Å². The van der Waals surface area contributed by atoms with E-state index in [1.165, 1.54) is 12.1 Å². The van der Waals surface area contributed by atoms with Crippen molar-refractivity contribution in [2.24, 2.45) is 5.73 Å².